The lowest BCUT2D eigenvalue weighted by Gasteiger charge is -2.31. The van der Waals surface area contributed by atoms with E-state index < -0.39 is 28.5 Å². The zero-order chi connectivity index (χ0) is 25.6. The first-order valence-electron chi connectivity index (χ1n) is 11.3. The molecule has 0 fully saturated rings. The Morgan fingerprint density at radius 2 is 1.86 bits per heavy atom. The largest absolute Gasteiger partial charge is 0.454 e. The van der Waals surface area contributed by atoms with Gasteiger partial charge in [-0.1, -0.05) is 43.1 Å². The molecule has 0 unspecified atom stereocenters. The van der Waals surface area contributed by atoms with Crippen molar-refractivity contribution in [2.45, 2.75) is 39.3 Å². The molecule has 1 aliphatic rings. The van der Waals surface area contributed by atoms with Crippen molar-refractivity contribution in [2.75, 3.05) is 30.4 Å². The minimum atomic E-state index is -3.85. The van der Waals surface area contributed by atoms with Gasteiger partial charge in [0.05, 0.1) is 11.9 Å². The third kappa shape index (κ3) is 6.79. The van der Waals surface area contributed by atoms with Crippen molar-refractivity contribution in [2.24, 2.45) is 0 Å². The maximum absolute atomic E-state index is 13.5. The van der Waals surface area contributed by atoms with Gasteiger partial charge in [0, 0.05) is 24.2 Å². The number of halogens is 1. The number of carbonyl (C=O) groups excluding carboxylic acids is 2. The highest BCUT2D eigenvalue weighted by atomic mass is 35.5. The molecule has 3 rings (SSSR count). The number of benzene rings is 2. The van der Waals surface area contributed by atoms with Crippen LogP contribution in [0.1, 0.15) is 32.3 Å². The van der Waals surface area contributed by atoms with Gasteiger partial charge in [-0.3, -0.25) is 13.9 Å². The number of rotatable bonds is 11. The Hall–Kier alpha value is -2.98. The number of carbonyl (C=O) groups is 2. The fourth-order valence-corrected chi connectivity index (χ4v) is 4.62. The number of hydrogen-bond acceptors (Lipinski definition) is 6. The highest BCUT2D eigenvalue weighted by Gasteiger charge is 2.31. The molecule has 2 aromatic carbocycles. The molecule has 190 valence electrons. The molecule has 1 aliphatic heterocycles. The van der Waals surface area contributed by atoms with Gasteiger partial charge in [0.25, 0.3) is 0 Å². The van der Waals surface area contributed by atoms with E-state index in [9.17, 15) is 18.0 Å². The Morgan fingerprint density at radius 3 is 2.54 bits per heavy atom. The number of sulfonamides is 1. The van der Waals surface area contributed by atoms with Gasteiger partial charge in [0.15, 0.2) is 11.5 Å². The van der Waals surface area contributed by atoms with Crippen molar-refractivity contribution in [3.05, 3.63) is 53.1 Å². The van der Waals surface area contributed by atoms with Gasteiger partial charge in [-0.25, -0.2) is 8.42 Å². The first-order valence-corrected chi connectivity index (χ1v) is 13.5. The Labute approximate surface area is 211 Å². The smallest absolute Gasteiger partial charge is 0.244 e. The van der Waals surface area contributed by atoms with Gasteiger partial charge in [0.1, 0.15) is 12.6 Å². The summed E-state index contributed by atoms with van der Waals surface area (Å²) < 4.78 is 37.0. The van der Waals surface area contributed by atoms with Crippen LogP contribution < -0.4 is 19.1 Å². The summed E-state index contributed by atoms with van der Waals surface area (Å²) in [4.78, 5) is 27.7. The van der Waals surface area contributed by atoms with Crippen molar-refractivity contribution >= 4 is 39.1 Å². The van der Waals surface area contributed by atoms with Crippen molar-refractivity contribution in [1.29, 1.82) is 0 Å². The van der Waals surface area contributed by atoms with E-state index in [0.717, 1.165) is 23.4 Å². The number of nitrogens with zero attached hydrogens (tertiary/aromatic N) is 2. The van der Waals surface area contributed by atoms with E-state index in [2.05, 4.69) is 5.32 Å². The minimum absolute atomic E-state index is 0.0346. The summed E-state index contributed by atoms with van der Waals surface area (Å²) in [6.07, 6.45) is 2.74. The monoisotopic (exact) mass is 523 g/mol. The summed E-state index contributed by atoms with van der Waals surface area (Å²) in [7, 11) is -3.85. The molecular formula is C24H30ClN3O6S. The summed E-state index contributed by atoms with van der Waals surface area (Å²) in [5.74, 6) is 0.00503. The van der Waals surface area contributed by atoms with Gasteiger partial charge >= 0.3 is 0 Å². The van der Waals surface area contributed by atoms with Crippen molar-refractivity contribution < 1.29 is 27.5 Å². The number of hydrogen-bond donors (Lipinski definition) is 1. The van der Waals surface area contributed by atoms with Gasteiger partial charge < -0.3 is 19.7 Å². The van der Waals surface area contributed by atoms with Crippen molar-refractivity contribution in [1.82, 2.24) is 10.2 Å². The van der Waals surface area contributed by atoms with E-state index >= 15 is 0 Å². The topological polar surface area (TPSA) is 105 Å². The molecule has 0 spiro atoms. The van der Waals surface area contributed by atoms with Crippen LogP contribution in [0, 0.1) is 0 Å². The zero-order valence-corrected chi connectivity index (χ0v) is 21.6. The third-order valence-electron chi connectivity index (χ3n) is 5.62. The fraction of sp³-hybridized carbons (Fsp3) is 0.417. The van der Waals surface area contributed by atoms with Crippen LogP contribution in [0.4, 0.5) is 5.69 Å². The molecule has 0 aliphatic carbocycles. The summed E-state index contributed by atoms with van der Waals surface area (Å²) in [5, 5.41) is 3.28. The van der Waals surface area contributed by atoms with Crippen LogP contribution in [0.5, 0.6) is 11.5 Å². The molecule has 1 atom stereocenters. The lowest BCUT2D eigenvalue weighted by molar-refractivity contribution is -0.139. The summed E-state index contributed by atoms with van der Waals surface area (Å²) in [6, 6.07) is 10.8. The summed E-state index contributed by atoms with van der Waals surface area (Å²) >= 11 is 6.32. The van der Waals surface area contributed by atoms with Crippen LogP contribution in [0.3, 0.4) is 0 Å². The first-order chi connectivity index (χ1) is 16.6. The molecular weight excluding hydrogens is 494 g/mol. The van der Waals surface area contributed by atoms with Crippen molar-refractivity contribution in [3.8, 4) is 11.5 Å². The van der Waals surface area contributed by atoms with Crippen LogP contribution in [0.2, 0.25) is 5.02 Å². The van der Waals surface area contributed by atoms with E-state index in [4.69, 9.17) is 21.1 Å². The van der Waals surface area contributed by atoms with Crippen LogP contribution in [0.25, 0.3) is 0 Å². The molecule has 35 heavy (non-hydrogen) atoms. The first kappa shape index (κ1) is 26.6. The van der Waals surface area contributed by atoms with Crippen LogP contribution in [-0.4, -0.2) is 57.3 Å². The number of unbranched alkanes of at least 4 members (excludes halogenated alkanes) is 1. The summed E-state index contributed by atoms with van der Waals surface area (Å²) in [5.41, 5.74) is 0.896. The van der Waals surface area contributed by atoms with Gasteiger partial charge in [0.2, 0.25) is 28.6 Å². The zero-order valence-electron chi connectivity index (χ0n) is 20.0. The van der Waals surface area contributed by atoms with E-state index in [-0.39, 0.29) is 24.9 Å². The molecule has 1 heterocycles. The third-order valence-corrected chi connectivity index (χ3v) is 7.13. The van der Waals surface area contributed by atoms with Gasteiger partial charge in [-0.2, -0.15) is 0 Å². The van der Waals surface area contributed by atoms with Gasteiger partial charge in [-0.05, 0) is 37.1 Å². The van der Waals surface area contributed by atoms with E-state index in [0.29, 0.717) is 28.6 Å². The second-order valence-electron chi connectivity index (χ2n) is 8.24. The Morgan fingerprint density at radius 1 is 1.14 bits per heavy atom. The normalized spacial score (nSPS) is 13.3. The van der Waals surface area contributed by atoms with Crippen LogP contribution >= 0.6 is 11.6 Å². The van der Waals surface area contributed by atoms with E-state index in [1.54, 1.807) is 43.3 Å². The molecule has 2 amide bonds. The number of ether oxygens (including phenoxy) is 2. The Kier molecular flexibility index (Phi) is 8.85. The minimum Gasteiger partial charge on any atom is -0.454 e. The highest BCUT2D eigenvalue weighted by molar-refractivity contribution is 7.92. The Bertz CT molecular complexity index is 1170. The second kappa shape index (κ2) is 11.6. The maximum Gasteiger partial charge on any atom is 0.244 e. The van der Waals surface area contributed by atoms with Crippen LogP contribution in [0.15, 0.2) is 42.5 Å². The highest BCUT2D eigenvalue weighted by Crippen LogP contribution is 2.36. The summed E-state index contributed by atoms with van der Waals surface area (Å²) in [6.45, 7) is 3.68. The molecule has 1 N–H and O–H groups in total. The molecule has 2 aromatic rings. The number of fused-ring (bicyclic) bond motifs is 1. The van der Waals surface area contributed by atoms with E-state index in [1.165, 1.54) is 11.0 Å². The molecule has 0 radical (unpaired) electrons. The standard InChI is InChI=1S/C24H30ClN3O6S/c1-4-5-12-26-24(30)17(2)27(14-18-8-6-7-9-20(18)25)23(29)15-28(35(3,31)32)19-10-11-21-22(13-19)34-16-33-21/h6-11,13,17H,4-5,12,14-16H2,1-3H3,(H,26,30)/t17-/m1/s1. The predicted octanol–water partition coefficient (Wildman–Crippen LogP) is 3.17. The van der Waals surface area contributed by atoms with Crippen LogP contribution in [-0.2, 0) is 26.2 Å². The Balaban J connectivity index is 1.89. The molecule has 0 saturated heterocycles. The second-order valence-corrected chi connectivity index (χ2v) is 10.6. The molecule has 0 saturated carbocycles. The lowest BCUT2D eigenvalue weighted by atomic mass is 10.1. The average molecular weight is 524 g/mol. The lowest BCUT2D eigenvalue weighted by Crippen LogP contribution is -2.51. The molecule has 9 nitrogen and oxygen atoms in total. The van der Waals surface area contributed by atoms with E-state index in [1.807, 2.05) is 6.92 Å². The SMILES string of the molecule is CCCCNC(=O)[C@@H](C)N(Cc1ccccc1Cl)C(=O)CN(c1ccc2c(c1)OCO2)S(C)(=O)=O. The predicted molar refractivity (Wildman–Crippen MR) is 134 cm³/mol. The maximum atomic E-state index is 13.5. The molecule has 0 aromatic heterocycles. The fourth-order valence-electron chi connectivity index (χ4n) is 3.58. The molecule has 0 bridgehead atoms. The number of nitrogens with one attached hydrogen (secondary N) is 1. The quantitative estimate of drug-likeness (QED) is 0.454. The average Bonchev–Trinajstić information content (AvgIpc) is 3.28. The molecule has 11 heteroatoms. The number of anilines is 1. The van der Waals surface area contributed by atoms with Crippen molar-refractivity contribution in [3.63, 3.8) is 0 Å². The van der Waals surface area contributed by atoms with Gasteiger partial charge in [-0.15, -0.1) is 0 Å². The number of amides is 2.